The second kappa shape index (κ2) is 8.18. The summed E-state index contributed by atoms with van der Waals surface area (Å²) in [7, 11) is 1.67. The highest BCUT2D eigenvalue weighted by molar-refractivity contribution is 5.43. The number of hydrogen-bond donors (Lipinski definition) is 1. The zero-order valence-corrected chi connectivity index (χ0v) is 15.3. The third kappa shape index (κ3) is 4.25. The fraction of sp³-hybridized carbons (Fsp3) is 0.350. The molecule has 0 aliphatic carbocycles. The summed E-state index contributed by atoms with van der Waals surface area (Å²) >= 11 is 0. The fourth-order valence-electron chi connectivity index (χ4n) is 3.25. The van der Waals surface area contributed by atoms with Gasteiger partial charge in [-0.2, -0.15) is 5.10 Å². The lowest BCUT2D eigenvalue weighted by molar-refractivity contribution is 0.284. The lowest BCUT2D eigenvalue weighted by Gasteiger charge is -2.23. The van der Waals surface area contributed by atoms with Crippen LogP contribution in [0.3, 0.4) is 0 Å². The lowest BCUT2D eigenvalue weighted by Crippen LogP contribution is -2.37. The average Bonchev–Trinajstić information content (AvgIpc) is 3.19. The van der Waals surface area contributed by atoms with Gasteiger partial charge in [0, 0.05) is 31.4 Å². The second-order valence-corrected chi connectivity index (χ2v) is 6.60. The minimum absolute atomic E-state index is 0.396. The van der Waals surface area contributed by atoms with Crippen LogP contribution in [0, 0.1) is 0 Å². The summed E-state index contributed by atoms with van der Waals surface area (Å²) in [5.74, 6) is 2.55. The summed E-state index contributed by atoms with van der Waals surface area (Å²) in [5.41, 5.74) is 2.23. The fourth-order valence-corrected chi connectivity index (χ4v) is 3.25. The van der Waals surface area contributed by atoms with E-state index in [9.17, 15) is 0 Å². The molecular weight excluding hydrogens is 342 g/mol. The van der Waals surface area contributed by atoms with Crippen LogP contribution < -0.4 is 14.8 Å². The molecule has 4 rings (SSSR count). The van der Waals surface area contributed by atoms with Crippen molar-refractivity contribution in [2.75, 3.05) is 7.11 Å². The largest absolute Gasteiger partial charge is 0.493 e. The Morgan fingerprint density at radius 3 is 2.89 bits per heavy atom. The van der Waals surface area contributed by atoms with Crippen LogP contribution in [0.2, 0.25) is 0 Å². The Balaban J connectivity index is 1.35. The molecule has 140 valence electrons. The van der Waals surface area contributed by atoms with Crippen molar-refractivity contribution < 1.29 is 9.47 Å². The number of methoxy groups -OCH3 is 1. The number of ether oxygens (including phenoxy) is 2. The molecule has 7 nitrogen and oxygen atoms in total. The Morgan fingerprint density at radius 1 is 1.15 bits per heavy atom. The van der Waals surface area contributed by atoms with E-state index in [2.05, 4.69) is 26.4 Å². The topological polar surface area (TPSA) is 74.1 Å². The number of nitrogens with one attached hydrogen (secondary N) is 1. The summed E-state index contributed by atoms with van der Waals surface area (Å²) < 4.78 is 13.4. The molecule has 1 aliphatic heterocycles. The van der Waals surface area contributed by atoms with Crippen molar-refractivity contribution >= 4 is 0 Å². The Kier molecular flexibility index (Phi) is 5.29. The van der Waals surface area contributed by atoms with E-state index in [-0.39, 0.29) is 0 Å². The van der Waals surface area contributed by atoms with Crippen molar-refractivity contribution in [1.82, 2.24) is 25.1 Å². The highest BCUT2D eigenvalue weighted by Crippen LogP contribution is 2.29. The standard InChI is InChI=1S/C20H23N5O2/c1-26-19-10-16(2-4-18(19)27-13-15-6-8-21-9-7-15)11-22-17-3-5-20-23-14-24-25(20)12-17/h2,4,6-10,14,17,22H,3,5,11-13H2,1H3. The minimum Gasteiger partial charge on any atom is -0.493 e. The van der Waals surface area contributed by atoms with Gasteiger partial charge in [-0.25, -0.2) is 9.67 Å². The van der Waals surface area contributed by atoms with E-state index >= 15 is 0 Å². The van der Waals surface area contributed by atoms with Gasteiger partial charge in [-0.15, -0.1) is 0 Å². The van der Waals surface area contributed by atoms with Gasteiger partial charge in [-0.1, -0.05) is 6.07 Å². The molecule has 7 heteroatoms. The normalized spacial score (nSPS) is 16.0. The number of benzene rings is 1. The van der Waals surface area contributed by atoms with E-state index in [4.69, 9.17) is 9.47 Å². The number of hydrogen-bond acceptors (Lipinski definition) is 6. The molecule has 0 radical (unpaired) electrons. The molecule has 1 N–H and O–H groups in total. The number of pyridine rings is 1. The van der Waals surface area contributed by atoms with Crippen LogP contribution in [0.5, 0.6) is 11.5 Å². The quantitative estimate of drug-likeness (QED) is 0.693. The molecule has 1 atom stereocenters. The van der Waals surface area contributed by atoms with Gasteiger partial charge in [-0.3, -0.25) is 4.98 Å². The van der Waals surface area contributed by atoms with Crippen LogP contribution in [0.25, 0.3) is 0 Å². The van der Waals surface area contributed by atoms with Gasteiger partial charge in [0.2, 0.25) is 0 Å². The first kappa shape index (κ1) is 17.5. The number of aromatic nitrogens is 4. The molecule has 0 amide bonds. The van der Waals surface area contributed by atoms with E-state index in [0.29, 0.717) is 12.6 Å². The molecule has 27 heavy (non-hydrogen) atoms. The molecule has 3 aromatic rings. The zero-order chi connectivity index (χ0) is 18.5. The first-order valence-corrected chi connectivity index (χ1v) is 9.10. The minimum atomic E-state index is 0.396. The maximum absolute atomic E-state index is 5.90. The Morgan fingerprint density at radius 2 is 2.04 bits per heavy atom. The Bertz CT molecular complexity index is 881. The van der Waals surface area contributed by atoms with E-state index < -0.39 is 0 Å². The van der Waals surface area contributed by atoms with Gasteiger partial charge in [-0.05, 0) is 41.8 Å². The van der Waals surface area contributed by atoms with E-state index in [1.165, 1.54) is 0 Å². The van der Waals surface area contributed by atoms with Gasteiger partial charge >= 0.3 is 0 Å². The van der Waals surface area contributed by atoms with Crippen LogP contribution in [0.15, 0.2) is 49.1 Å². The number of fused-ring (bicyclic) bond motifs is 1. The molecule has 0 saturated carbocycles. The van der Waals surface area contributed by atoms with E-state index in [1.807, 2.05) is 28.9 Å². The molecule has 1 unspecified atom stereocenters. The van der Waals surface area contributed by atoms with Crippen LogP contribution in [-0.2, 0) is 26.1 Å². The van der Waals surface area contributed by atoms with E-state index in [0.717, 1.165) is 54.4 Å². The van der Waals surface area contributed by atoms with Crippen LogP contribution >= 0.6 is 0 Å². The van der Waals surface area contributed by atoms with Crippen molar-refractivity contribution in [1.29, 1.82) is 0 Å². The first-order valence-electron chi connectivity index (χ1n) is 9.10. The predicted molar refractivity (Wildman–Crippen MR) is 101 cm³/mol. The average molecular weight is 365 g/mol. The highest BCUT2D eigenvalue weighted by atomic mass is 16.5. The molecule has 2 aromatic heterocycles. The summed E-state index contributed by atoms with van der Waals surface area (Å²) in [6, 6.07) is 10.3. The zero-order valence-electron chi connectivity index (χ0n) is 15.3. The predicted octanol–water partition coefficient (Wildman–Crippen LogP) is 2.37. The number of rotatable bonds is 7. The Labute approximate surface area is 158 Å². The molecule has 0 saturated heterocycles. The molecule has 1 aromatic carbocycles. The van der Waals surface area contributed by atoms with Crippen molar-refractivity contribution in [2.24, 2.45) is 0 Å². The van der Waals surface area contributed by atoms with Crippen molar-refractivity contribution in [3.8, 4) is 11.5 Å². The van der Waals surface area contributed by atoms with Crippen molar-refractivity contribution in [3.05, 3.63) is 66.0 Å². The van der Waals surface area contributed by atoms with Crippen molar-refractivity contribution in [3.63, 3.8) is 0 Å². The van der Waals surface area contributed by atoms with Gasteiger partial charge in [0.15, 0.2) is 11.5 Å². The second-order valence-electron chi connectivity index (χ2n) is 6.60. The SMILES string of the molecule is COc1cc(CNC2CCc3ncnn3C2)ccc1OCc1ccncc1. The molecule has 1 aliphatic rings. The van der Waals surface area contributed by atoms with Crippen LogP contribution in [0.1, 0.15) is 23.4 Å². The summed E-state index contributed by atoms with van der Waals surface area (Å²) in [6.45, 7) is 2.12. The third-order valence-corrected chi connectivity index (χ3v) is 4.77. The van der Waals surface area contributed by atoms with Crippen LogP contribution in [-0.4, -0.2) is 32.9 Å². The number of nitrogens with zero attached hydrogens (tertiary/aromatic N) is 4. The third-order valence-electron chi connectivity index (χ3n) is 4.77. The first-order chi connectivity index (χ1) is 13.3. The maximum Gasteiger partial charge on any atom is 0.161 e. The molecule has 0 spiro atoms. The molecule has 0 fully saturated rings. The Hall–Kier alpha value is -2.93. The van der Waals surface area contributed by atoms with Crippen LogP contribution in [0.4, 0.5) is 0 Å². The van der Waals surface area contributed by atoms with Crippen molar-refractivity contribution in [2.45, 2.75) is 38.6 Å². The summed E-state index contributed by atoms with van der Waals surface area (Å²) in [4.78, 5) is 8.29. The maximum atomic E-state index is 5.90. The van der Waals surface area contributed by atoms with Gasteiger partial charge in [0.25, 0.3) is 0 Å². The van der Waals surface area contributed by atoms with Gasteiger partial charge in [0.1, 0.15) is 18.8 Å². The summed E-state index contributed by atoms with van der Waals surface area (Å²) in [6.07, 6.45) is 7.19. The molecular formula is C20H23N5O2. The summed E-state index contributed by atoms with van der Waals surface area (Å²) in [5, 5.41) is 7.88. The van der Waals surface area contributed by atoms with E-state index in [1.54, 1.807) is 25.8 Å². The van der Waals surface area contributed by atoms with Gasteiger partial charge in [0.05, 0.1) is 13.7 Å². The molecule has 3 heterocycles. The lowest BCUT2D eigenvalue weighted by atomic mass is 10.1. The smallest absolute Gasteiger partial charge is 0.161 e. The number of aryl methyl sites for hydroxylation is 1. The highest BCUT2D eigenvalue weighted by Gasteiger charge is 2.19. The monoisotopic (exact) mass is 365 g/mol. The van der Waals surface area contributed by atoms with Gasteiger partial charge < -0.3 is 14.8 Å². The molecule has 0 bridgehead atoms.